The van der Waals surface area contributed by atoms with Crippen LogP contribution in [0.15, 0.2) is 0 Å². The van der Waals surface area contributed by atoms with E-state index in [1.54, 1.807) is 6.92 Å². The maximum absolute atomic E-state index is 11.2. The molecule has 12 heavy (non-hydrogen) atoms. The lowest BCUT2D eigenvalue weighted by Gasteiger charge is -2.14. The summed E-state index contributed by atoms with van der Waals surface area (Å²) in [5, 5.41) is 2.84. The normalized spacial score (nSPS) is 25.3. The molecule has 4 heteroatoms. The highest BCUT2D eigenvalue weighted by Gasteiger charge is 2.20. The third-order valence-electron chi connectivity index (χ3n) is 2.00. The first-order valence-electron chi connectivity index (χ1n) is 4.15. The Balaban J connectivity index is 2.25. The molecule has 0 aromatic rings. The van der Waals surface area contributed by atoms with Crippen molar-refractivity contribution in [1.82, 2.24) is 5.32 Å². The van der Waals surface area contributed by atoms with E-state index in [0.29, 0.717) is 6.61 Å². The van der Waals surface area contributed by atoms with Gasteiger partial charge in [0.15, 0.2) is 0 Å². The fourth-order valence-corrected chi connectivity index (χ4v) is 1.07. The van der Waals surface area contributed by atoms with Crippen molar-refractivity contribution in [2.45, 2.75) is 25.5 Å². The van der Waals surface area contributed by atoms with Gasteiger partial charge in [0, 0.05) is 13.7 Å². The van der Waals surface area contributed by atoms with Crippen molar-refractivity contribution in [3.63, 3.8) is 0 Å². The Morgan fingerprint density at radius 1 is 1.75 bits per heavy atom. The molecule has 0 saturated carbocycles. The summed E-state index contributed by atoms with van der Waals surface area (Å²) in [5.41, 5.74) is 0. The Morgan fingerprint density at radius 3 is 3.00 bits per heavy atom. The van der Waals surface area contributed by atoms with Crippen LogP contribution in [-0.2, 0) is 14.3 Å². The Hall–Kier alpha value is -0.610. The summed E-state index contributed by atoms with van der Waals surface area (Å²) < 4.78 is 9.99. The second-order valence-electron chi connectivity index (χ2n) is 2.95. The Bertz CT molecular complexity index is 154. The highest BCUT2D eigenvalue weighted by molar-refractivity contribution is 5.80. The zero-order valence-corrected chi connectivity index (χ0v) is 7.50. The molecule has 70 valence electrons. The van der Waals surface area contributed by atoms with Crippen molar-refractivity contribution in [2.75, 3.05) is 20.3 Å². The zero-order valence-electron chi connectivity index (χ0n) is 7.50. The van der Waals surface area contributed by atoms with Crippen LogP contribution in [0.2, 0.25) is 0 Å². The molecule has 1 rings (SSSR count). The summed E-state index contributed by atoms with van der Waals surface area (Å²) >= 11 is 0. The maximum atomic E-state index is 11.2. The van der Waals surface area contributed by atoms with E-state index in [-0.39, 0.29) is 18.1 Å². The zero-order chi connectivity index (χ0) is 8.97. The summed E-state index contributed by atoms with van der Waals surface area (Å²) in [6, 6.07) is 0.176. The molecule has 0 aliphatic carbocycles. The van der Waals surface area contributed by atoms with Gasteiger partial charge in [0.1, 0.15) is 6.10 Å². The van der Waals surface area contributed by atoms with Crippen LogP contribution in [-0.4, -0.2) is 38.4 Å². The molecule has 1 saturated heterocycles. The first-order valence-corrected chi connectivity index (χ1v) is 4.15. The van der Waals surface area contributed by atoms with Crippen LogP contribution in [0, 0.1) is 0 Å². The second kappa shape index (κ2) is 4.42. The SMILES string of the molecule is COC(C)C(=O)NC1CCOC1. The lowest BCUT2D eigenvalue weighted by Crippen LogP contribution is -2.41. The standard InChI is InChI=1S/C8H15NO3/c1-6(11-2)8(10)9-7-3-4-12-5-7/h6-7H,3-5H2,1-2H3,(H,9,10). The molecule has 1 N–H and O–H groups in total. The molecule has 0 bridgehead atoms. The van der Waals surface area contributed by atoms with Gasteiger partial charge in [0.2, 0.25) is 5.91 Å². The van der Waals surface area contributed by atoms with Crippen LogP contribution >= 0.6 is 0 Å². The number of carbonyl (C=O) groups is 1. The average Bonchev–Trinajstić information content (AvgIpc) is 2.55. The maximum Gasteiger partial charge on any atom is 0.249 e. The monoisotopic (exact) mass is 173 g/mol. The Kier molecular flexibility index (Phi) is 3.49. The van der Waals surface area contributed by atoms with Crippen LogP contribution in [0.5, 0.6) is 0 Å². The van der Waals surface area contributed by atoms with Gasteiger partial charge in [-0.3, -0.25) is 4.79 Å². The van der Waals surface area contributed by atoms with Crippen LogP contribution in [0.3, 0.4) is 0 Å². The third-order valence-corrected chi connectivity index (χ3v) is 2.00. The molecule has 0 spiro atoms. The van der Waals surface area contributed by atoms with Crippen molar-refractivity contribution in [2.24, 2.45) is 0 Å². The van der Waals surface area contributed by atoms with E-state index in [1.165, 1.54) is 7.11 Å². The number of amides is 1. The van der Waals surface area contributed by atoms with E-state index in [4.69, 9.17) is 9.47 Å². The van der Waals surface area contributed by atoms with Gasteiger partial charge < -0.3 is 14.8 Å². The molecule has 1 aliphatic rings. The first-order chi connectivity index (χ1) is 5.74. The van der Waals surface area contributed by atoms with Crippen LogP contribution in [0.25, 0.3) is 0 Å². The number of ether oxygens (including phenoxy) is 2. The quantitative estimate of drug-likeness (QED) is 0.649. The first kappa shape index (κ1) is 9.48. The smallest absolute Gasteiger partial charge is 0.249 e. The molecule has 0 aromatic heterocycles. The second-order valence-corrected chi connectivity index (χ2v) is 2.95. The van der Waals surface area contributed by atoms with Crippen LogP contribution < -0.4 is 5.32 Å². The van der Waals surface area contributed by atoms with E-state index in [2.05, 4.69) is 5.32 Å². The highest BCUT2D eigenvalue weighted by atomic mass is 16.5. The van der Waals surface area contributed by atoms with E-state index < -0.39 is 0 Å². The van der Waals surface area contributed by atoms with Gasteiger partial charge in [-0.15, -0.1) is 0 Å². The molecular weight excluding hydrogens is 158 g/mol. The predicted molar refractivity (Wildman–Crippen MR) is 43.8 cm³/mol. The lowest BCUT2D eigenvalue weighted by atomic mass is 10.2. The van der Waals surface area contributed by atoms with Gasteiger partial charge in [0.05, 0.1) is 12.6 Å². The van der Waals surface area contributed by atoms with E-state index in [0.717, 1.165) is 13.0 Å². The Labute approximate surface area is 72.2 Å². The van der Waals surface area contributed by atoms with Crippen molar-refractivity contribution in [3.8, 4) is 0 Å². The summed E-state index contributed by atoms with van der Waals surface area (Å²) in [7, 11) is 1.52. The predicted octanol–water partition coefficient (Wildman–Crippen LogP) is -0.0736. The molecule has 1 amide bonds. The summed E-state index contributed by atoms with van der Waals surface area (Å²) in [6.07, 6.45) is 0.535. The summed E-state index contributed by atoms with van der Waals surface area (Å²) in [6.45, 7) is 3.10. The minimum atomic E-state index is -0.370. The van der Waals surface area contributed by atoms with Crippen molar-refractivity contribution in [1.29, 1.82) is 0 Å². The van der Waals surface area contributed by atoms with Gasteiger partial charge in [-0.05, 0) is 13.3 Å². The molecule has 1 aliphatic heterocycles. The topological polar surface area (TPSA) is 47.6 Å². The third kappa shape index (κ3) is 2.46. The van der Waals surface area contributed by atoms with Crippen molar-refractivity contribution >= 4 is 5.91 Å². The minimum absolute atomic E-state index is 0.0620. The molecular formula is C8H15NO3. The molecule has 2 atom stereocenters. The molecule has 4 nitrogen and oxygen atoms in total. The number of hydrogen-bond donors (Lipinski definition) is 1. The lowest BCUT2D eigenvalue weighted by molar-refractivity contribution is -0.130. The van der Waals surface area contributed by atoms with Crippen LogP contribution in [0.4, 0.5) is 0 Å². The molecule has 0 radical (unpaired) electrons. The number of nitrogens with one attached hydrogen (secondary N) is 1. The van der Waals surface area contributed by atoms with Crippen LogP contribution in [0.1, 0.15) is 13.3 Å². The van der Waals surface area contributed by atoms with E-state index >= 15 is 0 Å². The van der Waals surface area contributed by atoms with Gasteiger partial charge in [0.25, 0.3) is 0 Å². The fourth-order valence-electron chi connectivity index (χ4n) is 1.07. The fraction of sp³-hybridized carbons (Fsp3) is 0.875. The largest absolute Gasteiger partial charge is 0.379 e. The number of rotatable bonds is 3. The van der Waals surface area contributed by atoms with Crippen molar-refractivity contribution < 1.29 is 14.3 Å². The number of hydrogen-bond acceptors (Lipinski definition) is 3. The molecule has 1 fully saturated rings. The van der Waals surface area contributed by atoms with E-state index in [9.17, 15) is 4.79 Å². The van der Waals surface area contributed by atoms with Gasteiger partial charge in [-0.1, -0.05) is 0 Å². The van der Waals surface area contributed by atoms with Gasteiger partial charge in [-0.2, -0.15) is 0 Å². The summed E-state index contributed by atoms with van der Waals surface area (Å²) in [5.74, 6) is -0.0620. The minimum Gasteiger partial charge on any atom is -0.379 e. The average molecular weight is 173 g/mol. The number of methoxy groups -OCH3 is 1. The highest BCUT2D eigenvalue weighted by Crippen LogP contribution is 2.03. The molecule has 2 unspecified atom stereocenters. The van der Waals surface area contributed by atoms with Gasteiger partial charge >= 0.3 is 0 Å². The Morgan fingerprint density at radius 2 is 2.50 bits per heavy atom. The summed E-state index contributed by atoms with van der Waals surface area (Å²) in [4.78, 5) is 11.2. The van der Waals surface area contributed by atoms with Crippen molar-refractivity contribution in [3.05, 3.63) is 0 Å². The molecule has 0 aromatic carbocycles. The van der Waals surface area contributed by atoms with E-state index in [1.807, 2.05) is 0 Å². The van der Waals surface area contributed by atoms with Gasteiger partial charge in [-0.25, -0.2) is 0 Å². The molecule has 1 heterocycles. The number of carbonyl (C=O) groups excluding carboxylic acids is 1.